The van der Waals surface area contributed by atoms with Gasteiger partial charge in [0.1, 0.15) is 5.60 Å². The minimum atomic E-state index is -0.425. The topological polar surface area (TPSA) is 39.2 Å². The van der Waals surface area contributed by atoms with E-state index in [-0.39, 0.29) is 5.97 Å². The summed E-state index contributed by atoms with van der Waals surface area (Å²) in [5, 5.41) is 2.02. The van der Waals surface area contributed by atoms with Crippen LogP contribution in [-0.4, -0.2) is 16.6 Å². The SMILES string of the molecule is CC(C)(C)OC(=O)CCc1ccccc1-c1cscn1. The molecule has 0 radical (unpaired) electrons. The van der Waals surface area contributed by atoms with Gasteiger partial charge >= 0.3 is 5.97 Å². The van der Waals surface area contributed by atoms with Gasteiger partial charge in [0.2, 0.25) is 0 Å². The van der Waals surface area contributed by atoms with Crippen LogP contribution < -0.4 is 0 Å². The standard InChI is InChI=1S/C16H19NO2S/c1-16(2,3)19-15(18)9-8-12-6-4-5-7-13(12)14-10-20-11-17-14/h4-7,10-11H,8-9H2,1-3H3. The number of ether oxygens (including phenoxy) is 1. The van der Waals surface area contributed by atoms with Gasteiger partial charge in [0.15, 0.2) is 0 Å². The highest BCUT2D eigenvalue weighted by atomic mass is 32.1. The highest BCUT2D eigenvalue weighted by Crippen LogP contribution is 2.24. The van der Waals surface area contributed by atoms with Gasteiger partial charge in [-0.15, -0.1) is 11.3 Å². The van der Waals surface area contributed by atoms with E-state index < -0.39 is 5.60 Å². The molecule has 0 atom stereocenters. The maximum Gasteiger partial charge on any atom is 0.306 e. The molecule has 0 saturated carbocycles. The zero-order valence-electron chi connectivity index (χ0n) is 12.1. The van der Waals surface area contributed by atoms with E-state index >= 15 is 0 Å². The fraction of sp³-hybridized carbons (Fsp3) is 0.375. The molecule has 0 unspecified atom stereocenters. The molecule has 4 heteroatoms. The lowest BCUT2D eigenvalue weighted by Gasteiger charge is -2.19. The largest absolute Gasteiger partial charge is 0.460 e. The average molecular weight is 289 g/mol. The van der Waals surface area contributed by atoms with Crippen molar-refractivity contribution in [1.29, 1.82) is 0 Å². The number of nitrogens with zero attached hydrogens (tertiary/aromatic N) is 1. The third-order valence-corrected chi connectivity index (χ3v) is 3.33. The Bertz CT molecular complexity index is 570. The molecule has 0 amide bonds. The molecule has 1 aromatic carbocycles. The van der Waals surface area contributed by atoms with Gasteiger partial charge in [-0.1, -0.05) is 24.3 Å². The minimum Gasteiger partial charge on any atom is -0.460 e. The van der Waals surface area contributed by atoms with Gasteiger partial charge in [0.05, 0.1) is 11.2 Å². The fourth-order valence-electron chi connectivity index (χ4n) is 1.96. The van der Waals surface area contributed by atoms with Crippen LogP contribution in [0.1, 0.15) is 32.8 Å². The molecule has 0 spiro atoms. The monoisotopic (exact) mass is 289 g/mol. The van der Waals surface area contributed by atoms with E-state index in [1.165, 1.54) is 0 Å². The number of hydrogen-bond donors (Lipinski definition) is 0. The van der Waals surface area contributed by atoms with Gasteiger partial charge in [0.25, 0.3) is 0 Å². The van der Waals surface area contributed by atoms with Crippen LogP contribution in [0, 0.1) is 0 Å². The third kappa shape index (κ3) is 4.17. The quantitative estimate of drug-likeness (QED) is 0.796. The molecule has 0 bridgehead atoms. The molecule has 2 rings (SSSR count). The number of hydrogen-bond acceptors (Lipinski definition) is 4. The molecular weight excluding hydrogens is 270 g/mol. The second-order valence-electron chi connectivity index (χ2n) is 5.62. The fourth-order valence-corrected chi connectivity index (χ4v) is 2.52. The molecule has 3 nitrogen and oxygen atoms in total. The lowest BCUT2D eigenvalue weighted by atomic mass is 10.0. The predicted molar refractivity (Wildman–Crippen MR) is 81.7 cm³/mol. The Balaban J connectivity index is 2.06. The van der Waals surface area contributed by atoms with Crippen molar-refractivity contribution in [2.45, 2.75) is 39.2 Å². The molecule has 1 heterocycles. The molecule has 0 N–H and O–H groups in total. The van der Waals surface area contributed by atoms with Gasteiger partial charge in [-0.25, -0.2) is 4.98 Å². The van der Waals surface area contributed by atoms with Crippen molar-refractivity contribution in [2.24, 2.45) is 0 Å². The Morgan fingerprint density at radius 1 is 1.30 bits per heavy atom. The normalized spacial score (nSPS) is 11.3. The molecule has 0 aliphatic rings. The van der Waals surface area contributed by atoms with E-state index in [1.54, 1.807) is 11.3 Å². The van der Waals surface area contributed by atoms with Gasteiger partial charge in [-0.2, -0.15) is 0 Å². The summed E-state index contributed by atoms with van der Waals surface area (Å²) in [6.07, 6.45) is 1.06. The van der Waals surface area contributed by atoms with E-state index in [9.17, 15) is 4.79 Å². The van der Waals surface area contributed by atoms with Crippen molar-refractivity contribution in [3.63, 3.8) is 0 Å². The van der Waals surface area contributed by atoms with Crippen LogP contribution in [0.5, 0.6) is 0 Å². The summed E-state index contributed by atoms with van der Waals surface area (Å²) in [6, 6.07) is 8.06. The van der Waals surface area contributed by atoms with Crippen molar-refractivity contribution in [3.8, 4) is 11.3 Å². The van der Waals surface area contributed by atoms with E-state index in [1.807, 2.05) is 55.9 Å². The summed E-state index contributed by atoms with van der Waals surface area (Å²) in [7, 11) is 0. The zero-order chi connectivity index (χ0) is 14.6. The molecule has 2 aromatic rings. The van der Waals surface area contributed by atoms with Gasteiger partial charge in [-0.05, 0) is 32.8 Å². The Hall–Kier alpha value is -1.68. The number of benzene rings is 1. The first-order valence-electron chi connectivity index (χ1n) is 6.64. The lowest BCUT2D eigenvalue weighted by molar-refractivity contribution is -0.154. The van der Waals surface area contributed by atoms with Gasteiger partial charge in [0, 0.05) is 17.4 Å². The van der Waals surface area contributed by atoms with E-state index in [0.29, 0.717) is 12.8 Å². The van der Waals surface area contributed by atoms with Crippen molar-refractivity contribution < 1.29 is 9.53 Å². The highest BCUT2D eigenvalue weighted by molar-refractivity contribution is 7.07. The molecule has 1 aromatic heterocycles. The third-order valence-electron chi connectivity index (χ3n) is 2.74. The first-order chi connectivity index (χ1) is 9.46. The Morgan fingerprint density at radius 3 is 2.70 bits per heavy atom. The maximum atomic E-state index is 11.8. The maximum absolute atomic E-state index is 11.8. The summed E-state index contributed by atoms with van der Waals surface area (Å²) in [6.45, 7) is 5.65. The second-order valence-corrected chi connectivity index (χ2v) is 6.34. The smallest absolute Gasteiger partial charge is 0.306 e. The zero-order valence-corrected chi connectivity index (χ0v) is 12.9. The summed E-state index contributed by atoms with van der Waals surface area (Å²) in [5.41, 5.74) is 4.59. The summed E-state index contributed by atoms with van der Waals surface area (Å²) < 4.78 is 5.34. The summed E-state index contributed by atoms with van der Waals surface area (Å²) in [4.78, 5) is 16.1. The number of rotatable bonds is 4. The molecule has 0 aliphatic heterocycles. The Kier molecular flexibility index (Phi) is 4.55. The van der Waals surface area contributed by atoms with Crippen LogP contribution in [0.2, 0.25) is 0 Å². The number of carbonyl (C=O) groups is 1. The predicted octanol–water partition coefficient (Wildman–Crippen LogP) is 4.08. The Morgan fingerprint density at radius 2 is 2.05 bits per heavy atom. The summed E-state index contributed by atoms with van der Waals surface area (Å²) >= 11 is 1.57. The second kappa shape index (κ2) is 6.18. The van der Waals surface area contributed by atoms with Crippen LogP contribution in [-0.2, 0) is 16.0 Å². The van der Waals surface area contributed by atoms with Crippen LogP contribution >= 0.6 is 11.3 Å². The first kappa shape index (κ1) is 14.7. The average Bonchev–Trinajstić information content (AvgIpc) is 2.88. The molecule has 0 fully saturated rings. The van der Waals surface area contributed by atoms with Crippen LogP contribution in [0.15, 0.2) is 35.2 Å². The van der Waals surface area contributed by atoms with Crippen molar-refractivity contribution in [1.82, 2.24) is 4.98 Å². The number of aryl methyl sites for hydroxylation is 1. The van der Waals surface area contributed by atoms with Crippen LogP contribution in [0.25, 0.3) is 11.3 Å². The van der Waals surface area contributed by atoms with E-state index in [2.05, 4.69) is 4.98 Å². The lowest BCUT2D eigenvalue weighted by Crippen LogP contribution is -2.24. The minimum absolute atomic E-state index is 0.161. The Labute approximate surface area is 123 Å². The number of esters is 1. The molecule has 0 aliphatic carbocycles. The van der Waals surface area contributed by atoms with Crippen LogP contribution in [0.3, 0.4) is 0 Å². The molecular formula is C16H19NO2S. The number of thiazole rings is 1. The molecule has 20 heavy (non-hydrogen) atoms. The summed E-state index contributed by atoms with van der Waals surface area (Å²) in [5.74, 6) is -0.161. The number of carbonyl (C=O) groups excluding carboxylic acids is 1. The van der Waals surface area contributed by atoms with Crippen molar-refractivity contribution in [3.05, 3.63) is 40.7 Å². The van der Waals surface area contributed by atoms with Crippen molar-refractivity contribution in [2.75, 3.05) is 0 Å². The van der Waals surface area contributed by atoms with E-state index in [4.69, 9.17) is 4.74 Å². The van der Waals surface area contributed by atoms with Crippen LogP contribution in [0.4, 0.5) is 0 Å². The highest BCUT2D eigenvalue weighted by Gasteiger charge is 2.16. The van der Waals surface area contributed by atoms with Gasteiger partial charge < -0.3 is 4.74 Å². The molecule has 0 saturated heterocycles. The first-order valence-corrected chi connectivity index (χ1v) is 7.58. The van der Waals surface area contributed by atoms with Crippen molar-refractivity contribution >= 4 is 17.3 Å². The van der Waals surface area contributed by atoms with E-state index in [0.717, 1.165) is 16.8 Å². The molecule has 106 valence electrons. The van der Waals surface area contributed by atoms with Gasteiger partial charge in [-0.3, -0.25) is 4.79 Å². The number of aromatic nitrogens is 1.